The van der Waals surface area contributed by atoms with E-state index in [1.165, 1.54) is 33.0 Å². The van der Waals surface area contributed by atoms with Crippen molar-refractivity contribution in [3.8, 4) is 55.8 Å². The Kier molecular flexibility index (Phi) is 8.55. The summed E-state index contributed by atoms with van der Waals surface area (Å²) in [7, 11) is 0. The molecule has 0 unspecified atom stereocenters. The molecule has 0 bridgehead atoms. The third-order valence-corrected chi connectivity index (χ3v) is 10.7. The van der Waals surface area contributed by atoms with Crippen LogP contribution < -0.4 is 4.90 Å². The van der Waals surface area contributed by atoms with Gasteiger partial charge in [-0.15, -0.1) is 0 Å². The first-order valence-electron chi connectivity index (χ1n) is 19.1. The molecular weight excluding hydrogens is 679 g/mol. The molecule has 1 aromatic heterocycles. The molecule has 1 heterocycles. The van der Waals surface area contributed by atoms with Crippen molar-refractivity contribution < 1.29 is 4.42 Å². The number of benzene rings is 9. The Bertz CT molecular complexity index is 2910. The summed E-state index contributed by atoms with van der Waals surface area (Å²) in [6, 6.07) is 80.0. The molecule has 264 valence electrons. The van der Waals surface area contributed by atoms with Crippen LogP contribution in [0.25, 0.3) is 77.6 Å². The maximum atomic E-state index is 6.45. The Hall–Kier alpha value is -7.42. The molecule has 2 heteroatoms. The molecule has 56 heavy (non-hydrogen) atoms. The summed E-state index contributed by atoms with van der Waals surface area (Å²) in [6.07, 6.45) is 0. The van der Waals surface area contributed by atoms with Crippen LogP contribution in [0.4, 0.5) is 17.1 Å². The van der Waals surface area contributed by atoms with E-state index in [0.717, 1.165) is 61.6 Å². The number of para-hydroxylation sites is 1. The lowest BCUT2D eigenvalue weighted by molar-refractivity contribution is 0.632. The molecule has 0 spiro atoms. The van der Waals surface area contributed by atoms with E-state index in [1.807, 2.05) is 12.1 Å². The molecule has 0 aliphatic rings. The second kappa shape index (κ2) is 14.4. The van der Waals surface area contributed by atoms with Crippen molar-refractivity contribution in [1.82, 2.24) is 0 Å². The highest BCUT2D eigenvalue weighted by molar-refractivity contribution is 5.99. The predicted octanol–water partition coefficient (Wildman–Crippen LogP) is 15.4. The van der Waals surface area contributed by atoms with Crippen LogP contribution in [-0.2, 0) is 0 Å². The van der Waals surface area contributed by atoms with Gasteiger partial charge in [0, 0.05) is 27.7 Å². The zero-order valence-corrected chi connectivity index (χ0v) is 30.7. The second-order valence-electron chi connectivity index (χ2n) is 14.1. The Labute approximate surface area is 327 Å². The van der Waals surface area contributed by atoms with E-state index in [1.54, 1.807) is 0 Å². The molecule has 0 amide bonds. The first kappa shape index (κ1) is 33.2. The molecule has 0 radical (unpaired) electrons. The third kappa shape index (κ3) is 6.24. The zero-order valence-electron chi connectivity index (χ0n) is 30.7. The summed E-state index contributed by atoms with van der Waals surface area (Å²) in [4.78, 5) is 2.37. The molecule has 10 aromatic rings. The van der Waals surface area contributed by atoms with Crippen molar-refractivity contribution in [2.75, 3.05) is 4.90 Å². The minimum Gasteiger partial charge on any atom is -0.456 e. The maximum absolute atomic E-state index is 6.45. The molecule has 10 rings (SSSR count). The largest absolute Gasteiger partial charge is 0.456 e. The lowest BCUT2D eigenvalue weighted by atomic mass is 9.93. The van der Waals surface area contributed by atoms with Crippen molar-refractivity contribution in [3.63, 3.8) is 0 Å². The molecule has 9 aromatic carbocycles. The monoisotopic (exact) mass is 715 g/mol. The number of hydrogen-bond donors (Lipinski definition) is 0. The van der Waals surface area contributed by atoms with Crippen LogP contribution >= 0.6 is 0 Å². The van der Waals surface area contributed by atoms with Crippen molar-refractivity contribution in [2.45, 2.75) is 0 Å². The van der Waals surface area contributed by atoms with E-state index < -0.39 is 0 Å². The molecule has 0 aliphatic heterocycles. The van der Waals surface area contributed by atoms with Gasteiger partial charge in [-0.2, -0.15) is 0 Å². The van der Waals surface area contributed by atoms with E-state index >= 15 is 0 Å². The van der Waals surface area contributed by atoms with Crippen LogP contribution in [0.2, 0.25) is 0 Å². The van der Waals surface area contributed by atoms with Gasteiger partial charge in [0.1, 0.15) is 11.3 Å². The van der Waals surface area contributed by atoms with Crippen molar-refractivity contribution >= 4 is 38.8 Å². The van der Waals surface area contributed by atoms with Gasteiger partial charge in [0.2, 0.25) is 0 Å². The standard InChI is InChI=1S/C54H37NO/c1-3-14-39(15-4-1)47-21-10-11-22-48(47)42-28-33-46(34-29-42)55(52-24-13-20-41-18-7-9-23-50(41)52)45-31-26-38(27-32-45)43-30-35-49(40-16-5-2-6-17-40)51(36-43)54-37-44-19-8-12-25-53(44)56-54/h1-37H. The Morgan fingerprint density at radius 1 is 0.304 bits per heavy atom. The molecule has 0 atom stereocenters. The Morgan fingerprint density at radius 3 is 1.46 bits per heavy atom. The summed E-state index contributed by atoms with van der Waals surface area (Å²) < 4.78 is 6.45. The topological polar surface area (TPSA) is 16.4 Å². The van der Waals surface area contributed by atoms with Gasteiger partial charge in [0.25, 0.3) is 0 Å². The predicted molar refractivity (Wildman–Crippen MR) is 236 cm³/mol. The average Bonchev–Trinajstić information content (AvgIpc) is 3.72. The highest BCUT2D eigenvalue weighted by Crippen LogP contribution is 2.42. The number of hydrogen-bond acceptors (Lipinski definition) is 2. The quantitative estimate of drug-likeness (QED) is 0.156. The first-order chi connectivity index (χ1) is 27.8. The fourth-order valence-corrected chi connectivity index (χ4v) is 7.94. The summed E-state index contributed by atoms with van der Waals surface area (Å²) in [5.74, 6) is 0.862. The first-order valence-corrected chi connectivity index (χ1v) is 19.1. The summed E-state index contributed by atoms with van der Waals surface area (Å²) in [5, 5.41) is 3.50. The van der Waals surface area contributed by atoms with Gasteiger partial charge >= 0.3 is 0 Å². The van der Waals surface area contributed by atoms with Crippen molar-refractivity contribution in [2.24, 2.45) is 0 Å². The van der Waals surface area contributed by atoms with Gasteiger partial charge in [0.15, 0.2) is 0 Å². The highest BCUT2D eigenvalue weighted by Gasteiger charge is 2.18. The normalized spacial score (nSPS) is 11.2. The van der Waals surface area contributed by atoms with E-state index in [4.69, 9.17) is 4.42 Å². The van der Waals surface area contributed by atoms with Gasteiger partial charge in [-0.3, -0.25) is 0 Å². The smallest absolute Gasteiger partial charge is 0.136 e. The molecule has 0 fully saturated rings. The number of rotatable bonds is 8. The fourth-order valence-electron chi connectivity index (χ4n) is 7.94. The van der Waals surface area contributed by atoms with Gasteiger partial charge in [-0.05, 0) is 98.4 Å². The maximum Gasteiger partial charge on any atom is 0.136 e. The van der Waals surface area contributed by atoms with Crippen molar-refractivity contribution in [1.29, 1.82) is 0 Å². The van der Waals surface area contributed by atoms with E-state index in [9.17, 15) is 0 Å². The number of furan rings is 1. The summed E-state index contributed by atoms with van der Waals surface area (Å²) in [5.41, 5.74) is 14.7. The fraction of sp³-hybridized carbons (Fsp3) is 0. The van der Waals surface area contributed by atoms with Crippen LogP contribution in [0.3, 0.4) is 0 Å². The molecule has 0 aliphatic carbocycles. The van der Waals surface area contributed by atoms with Gasteiger partial charge in [-0.25, -0.2) is 0 Å². The molecule has 0 saturated heterocycles. The second-order valence-corrected chi connectivity index (χ2v) is 14.1. The lowest BCUT2D eigenvalue weighted by Gasteiger charge is -2.27. The molecule has 0 saturated carbocycles. The van der Waals surface area contributed by atoms with Crippen molar-refractivity contribution in [3.05, 3.63) is 224 Å². The third-order valence-electron chi connectivity index (χ3n) is 10.7. The SMILES string of the molecule is c1ccc(-c2ccccc2-c2ccc(N(c3ccc(-c4ccc(-c5ccccc5)c(-c5cc6ccccc6o5)c4)cc3)c3cccc4ccccc34)cc2)cc1. The molecular formula is C54H37NO. The Morgan fingerprint density at radius 2 is 0.804 bits per heavy atom. The van der Waals surface area contributed by atoms with E-state index in [-0.39, 0.29) is 0 Å². The number of nitrogens with zero attached hydrogens (tertiary/aromatic N) is 1. The van der Waals surface area contributed by atoms with Gasteiger partial charge in [-0.1, -0.05) is 176 Å². The number of fused-ring (bicyclic) bond motifs is 2. The lowest BCUT2D eigenvalue weighted by Crippen LogP contribution is -2.10. The average molecular weight is 716 g/mol. The summed E-state index contributed by atoms with van der Waals surface area (Å²) >= 11 is 0. The minimum atomic E-state index is 0.862. The summed E-state index contributed by atoms with van der Waals surface area (Å²) in [6.45, 7) is 0. The zero-order chi connectivity index (χ0) is 37.3. The molecule has 0 N–H and O–H groups in total. The minimum absolute atomic E-state index is 0.862. The van der Waals surface area contributed by atoms with E-state index in [2.05, 4.69) is 217 Å². The van der Waals surface area contributed by atoms with Crippen LogP contribution in [0, 0.1) is 0 Å². The highest BCUT2D eigenvalue weighted by atomic mass is 16.3. The number of anilines is 3. The Balaban J connectivity index is 1.06. The van der Waals surface area contributed by atoms with Crippen LogP contribution in [0.1, 0.15) is 0 Å². The van der Waals surface area contributed by atoms with Crippen LogP contribution in [-0.4, -0.2) is 0 Å². The van der Waals surface area contributed by atoms with Gasteiger partial charge in [0.05, 0.1) is 5.69 Å². The van der Waals surface area contributed by atoms with Crippen LogP contribution in [0.5, 0.6) is 0 Å². The molecule has 2 nitrogen and oxygen atoms in total. The van der Waals surface area contributed by atoms with E-state index in [0.29, 0.717) is 0 Å². The van der Waals surface area contributed by atoms with Gasteiger partial charge < -0.3 is 9.32 Å². The van der Waals surface area contributed by atoms with Crippen LogP contribution in [0.15, 0.2) is 229 Å².